The SMILES string of the molecule is CCC1Oc2ccc(S(=O)(=O)N3CCC(C(=O)NCc4ccccc4C)CC3)cc2NC1=O. The first-order valence-electron chi connectivity index (χ1n) is 11.2. The van der Waals surface area contributed by atoms with E-state index in [1.807, 2.05) is 38.1 Å². The average molecular weight is 472 g/mol. The third kappa shape index (κ3) is 4.89. The lowest BCUT2D eigenvalue weighted by molar-refractivity contribution is -0.126. The van der Waals surface area contributed by atoms with Gasteiger partial charge in [-0.1, -0.05) is 31.2 Å². The van der Waals surface area contributed by atoms with Gasteiger partial charge in [0.2, 0.25) is 15.9 Å². The van der Waals surface area contributed by atoms with E-state index in [9.17, 15) is 18.0 Å². The summed E-state index contributed by atoms with van der Waals surface area (Å²) < 4.78 is 33.4. The first-order chi connectivity index (χ1) is 15.8. The van der Waals surface area contributed by atoms with Gasteiger partial charge in [0.05, 0.1) is 10.6 Å². The molecular formula is C24H29N3O5S. The Morgan fingerprint density at radius 1 is 1.18 bits per heavy atom. The molecule has 0 spiro atoms. The fraction of sp³-hybridized carbons (Fsp3) is 0.417. The minimum absolute atomic E-state index is 0.0468. The molecule has 1 atom stereocenters. The maximum Gasteiger partial charge on any atom is 0.265 e. The minimum atomic E-state index is -3.75. The van der Waals surface area contributed by atoms with Crippen LogP contribution in [0.15, 0.2) is 47.4 Å². The highest BCUT2D eigenvalue weighted by Crippen LogP contribution is 2.34. The van der Waals surface area contributed by atoms with Gasteiger partial charge in [-0.25, -0.2) is 8.42 Å². The number of hydrogen-bond donors (Lipinski definition) is 2. The molecule has 9 heteroatoms. The molecule has 0 aromatic heterocycles. The Morgan fingerprint density at radius 2 is 1.91 bits per heavy atom. The van der Waals surface area contributed by atoms with Crippen molar-refractivity contribution in [2.24, 2.45) is 5.92 Å². The summed E-state index contributed by atoms with van der Waals surface area (Å²) >= 11 is 0. The van der Waals surface area contributed by atoms with Crippen LogP contribution in [0.4, 0.5) is 5.69 Å². The molecule has 0 bridgehead atoms. The van der Waals surface area contributed by atoms with Crippen LogP contribution in [0.25, 0.3) is 0 Å². The van der Waals surface area contributed by atoms with Crippen LogP contribution >= 0.6 is 0 Å². The number of ether oxygens (including phenoxy) is 1. The van der Waals surface area contributed by atoms with Crippen molar-refractivity contribution in [1.82, 2.24) is 9.62 Å². The molecule has 33 heavy (non-hydrogen) atoms. The van der Waals surface area contributed by atoms with E-state index in [-0.39, 0.29) is 35.7 Å². The fourth-order valence-corrected chi connectivity index (χ4v) is 5.70. The molecule has 8 nitrogen and oxygen atoms in total. The molecule has 0 radical (unpaired) electrons. The number of rotatable bonds is 6. The lowest BCUT2D eigenvalue weighted by Crippen LogP contribution is -2.43. The van der Waals surface area contributed by atoms with E-state index in [0.717, 1.165) is 11.1 Å². The highest BCUT2D eigenvalue weighted by atomic mass is 32.2. The van der Waals surface area contributed by atoms with Gasteiger partial charge in [0.1, 0.15) is 5.75 Å². The van der Waals surface area contributed by atoms with E-state index in [4.69, 9.17) is 4.74 Å². The van der Waals surface area contributed by atoms with E-state index in [0.29, 0.717) is 37.2 Å². The van der Waals surface area contributed by atoms with Crippen LogP contribution in [0.3, 0.4) is 0 Å². The molecule has 176 valence electrons. The van der Waals surface area contributed by atoms with E-state index >= 15 is 0 Å². The van der Waals surface area contributed by atoms with Crippen molar-refractivity contribution in [2.75, 3.05) is 18.4 Å². The number of nitrogens with one attached hydrogen (secondary N) is 2. The Balaban J connectivity index is 1.37. The summed E-state index contributed by atoms with van der Waals surface area (Å²) in [5.74, 6) is -0.0846. The van der Waals surface area contributed by atoms with Gasteiger partial charge in [-0.2, -0.15) is 4.31 Å². The second-order valence-electron chi connectivity index (χ2n) is 8.48. The van der Waals surface area contributed by atoms with Crippen molar-refractivity contribution < 1.29 is 22.7 Å². The molecule has 2 amide bonds. The molecule has 0 aliphatic carbocycles. The van der Waals surface area contributed by atoms with Gasteiger partial charge in [0.15, 0.2) is 6.10 Å². The summed E-state index contributed by atoms with van der Waals surface area (Å²) in [5, 5.41) is 5.71. The molecule has 1 saturated heterocycles. The number of carbonyl (C=O) groups excluding carboxylic acids is 2. The Labute approximate surface area is 194 Å². The van der Waals surface area contributed by atoms with Crippen molar-refractivity contribution in [2.45, 2.75) is 50.7 Å². The summed E-state index contributed by atoms with van der Waals surface area (Å²) in [6, 6.07) is 12.4. The Bertz CT molecular complexity index is 1160. The summed E-state index contributed by atoms with van der Waals surface area (Å²) in [7, 11) is -3.75. The summed E-state index contributed by atoms with van der Waals surface area (Å²) in [6.45, 7) is 4.85. The molecule has 4 rings (SSSR count). The third-order valence-corrected chi connectivity index (χ3v) is 8.21. The van der Waals surface area contributed by atoms with Gasteiger partial charge in [0, 0.05) is 25.6 Å². The Hall–Kier alpha value is -2.91. The zero-order valence-corrected chi connectivity index (χ0v) is 19.7. The fourth-order valence-electron chi connectivity index (χ4n) is 4.20. The minimum Gasteiger partial charge on any atom is -0.478 e. The second kappa shape index (κ2) is 9.52. The molecule has 2 aromatic rings. The first kappa shape index (κ1) is 23.3. The van der Waals surface area contributed by atoms with Crippen LogP contribution in [0.5, 0.6) is 5.75 Å². The van der Waals surface area contributed by atoms with Gasteiger partial charge in [-0.15, -0.1) is 0 Å². The topological polar surface area (TPSA) is 105 Å². The van der Waals surface area contributed by atoms with Crippen LogP contribution in [-0.2, 0) is 26.2 Å². The number of aryl methyl sites for hydroxylation is 1. The van der Waals surface area contributed by atoms with E-state index in [1.54, 1.807) is 6.07 Å². The standard InChI is InChI=1S/C24H29N3O5S/c1-3-21-24(29)26-20-14-19(8-9-22(20)32-21)33(30,31)27-12-10-17(11-13-27)23(28)25-15-18-7-5-4-6-16(18)2/h4-9,14,17,21H,3,10-13,15H2,1-2H3,(H,25,28)(H,26,29). The smallest absolute Gasteiger partial charge is 0.265 e. The molecule has 1 fully saturated rings. The maximum absolute atomic E-state index is 13.2. The van der Waals surface area contributed by atoms with Crippen molar-refractivity contribution >= 4 is 27.5 Å². The third-order valence-electron chi connectivity index (χ3n) is 6.32. The molecule has 2 aliphatic rings. The van der Waals surface area contributed by atoms with E-state index < -0.39 is 16.1 Å². The number of piperidine rings is 1. The van der Waals surface area contributed by atoms with Gasteiger partial charge in [0.25, 0.3) is 5.91 Å². The monoisotopic (exact) mass is 471 g/mol. The molecule has 0 saturated carbocycles. The van der Waals surface area contributed by atoms with Crippen LogP contribution in [-0.4, -0.2) is 43.7 Å². The number of nitrogens with zero attached hydrogens (tertiary/aromatic N) is 1. The summed E-state index contributed by atoms with van der Waals surface area (Å²) in [4.78, 5) is 24.8. The Morgan fingerprint density at radius 3 is 2.61 bits per heavy atom. The van der Waals surface area contributed by atoms with Crippen molar-refractivity contribution in [3.63, 3.8) is 0 Å². The van der Waals surface area contributed by atoms with Gasteiger partial charge < -0.3 is 15.4 Å². The molecule has 2 N–H and O–H groups in total. The number of carbonyl (C=O) groups is 2. The molecule has 2 aromatic carbocycles. The number of benzene rings is 2. The van der Waals surface area contributed by atoms with Crippen molar-refractivity contribution in [1.29, 1.82) is 0 Å². The summed E-state index contributed by atoms with van der Waals surface area (Å²) in [5.41, 5.74) is 2.55. The highest BCUT2D eigenvalue weighted by Gasteiger charge is 2.33. The zero-order chi connectivity index (χ0) is 23.6. The van der Waals surface area contributed by atoms with E-state index in [2.05, 4.69) is 10.6 Å². The van der Waals surface area contributed by atoms with Crippen LogP contribution in [0, 0.1) is 12.8 Å². The number of fused-ring (bicyclic) bond motifs is 1. The maximum atomic E-state index is 13.2. The predicted octanol–water partition coefficient (Wildman–Crippen LogP) is 2.82. The molecule has 2 heterocycles. The number of amides is 2. The van der Waals surface area contributed by atoms with Crippen LogP contribution in [0.1, 0.15) is 37.3 Å². The van der Waals surface area contributed by atoms with Crippen LogP contribution < -0.4 is 15.4 Å². The lowest BCUT2D eigenvalue weighted by Gasteiger charge is -2.31. The normalized spacial score (nSPS) is 19.3. The quantitative estimate of drug-likeness (QED) is 0.674. The van der Waals surface area contributed by atoms with E-state index in [1.165, 1.54) is 16.4 Å². The average Bonchev–Trinajstić information content (AvgIpc) is 2.82. The first-order valence-corrected chi connectivity index (χ1v) is 12.7. The second-order valence-corrected chi connectivity index (χ2v) is 10.4. The largest absolute Gasteiger partial charge is 0.478 e. The van der Waals surface area contributed by atoms with Gasteiger partial charge in [-0.05, 0) is 55.5 Å². The van der Waals surface area contributed by atoms with Crippen molar-refractivity contribution in [3.8, 4) is 5.75 Å². The zero-order valence-electron chi connectivity index (χ0n) is 18.8. The summed E-state index contributed by atoms with van der Waals surface area (Å²) in [6.07, 6.45) is 0.874. The lowest BCUT2D eigenvalue weighted by atomic mass is 9.97. The van der Waals surface area contributed by atoms with Gasteiger partial charge in [-0.3, -0.25) is 9.59 Å². The van der Waals surface area contributed by atoms with Gasteiger partial charge >= 0.3 is 0 Å². The highest BCUT2D eigenvalue weighted by molar-refractivity contribution is 7.89. The molecule has 2 aliphatic heterocycles. The number of anilines is 1. The number of sulfonamides is 1. The number of hydrogen-bond acceptors (Lipinski definition) is 5. The predicted molar refractivity (Wildman–Crippen MR) is 124 cm³/mol. The van der Waals surface area contributed by atoms with Crippen molar-refractivity contribution in [3.05, 3.63) is 53.6 Å². The Kier molecular flexibility index (Phi) is 6.71. The molecule has 1 unspecified atom stereocenters. The molecular weight excluding hydrogens is 442 g/mol. The van der Waals surface area contributed by atoms with Crippen LogP contribution in [0.2, 0.25) is 0 Å².